The van der Waals surface area contributed by atoms with E-state index in [1.54, 1.807) is 12.1 Å². The molecule has 18 heavy (non-hydrogen) atoms. The van der Waals surface area contributed by atoms with Crippen LogP contribution in [0.4, 0.5) is 10.6 Å². The van der Waals surface area contributed by atoms with Gasteiger partial charge in [0.2, 0.25) is 0 Å². The van der Waals surface area contributed by atoms with E-state index in [4.69, 9.17) is 16.7 Å². The summed E-state index contributed by atoms with van der Waals surface area (Å²) in [5.74, 6) is 0.779. The van der Waals surface area contributed by atoms with Crippen LogP contribution >= 0.6 is 11.6 Å². The molecule has 0 fully saturated rings. The molecule has 0 unspecified atom stereocenters. The molecule has 1 N–H and O–H groups in total. The van der Waals surface area contributed by atoms with Crippen molar-refractivity contribution in [3.8, 4) is 0 Å². The average molecular weight is 272 g/mol. The number of amides is 1. The Balaban J connectivity index is 2.96. The molecule has 6 heteroatoms. The second-order valence-corrected chi connectivity index (χ2v) is 4.38. The van der Waals surface area contributed by atoms with Crippen LogP contribution in [0.2, 0.25) is 5.02 Å². The second kappa shape index (κ2) is 6.44. The molecule has 5 nitrogen and oxygen atoms in total. The zero-order chi connectivity index (χ0) is 13.7. The molecule has 1 amide bonds. The molecule has 0 radical (unpaired) electrons. The van der Waals surface area contributed by atoms with Gasteiger partial charge in [0.1, 0.15) is 5.82 Å². The number of hydrogen-bond acceptors (Lipinski definition) is 3. The summed E-state index contributed by atoms with van der Waals surface area (Å²) in [5.41, 5.74) is 0.648. The van der Waals surface area contributed by atoms with Gasteiger partial charge in [0.25, 0.3) is 0 Å². The Hall–Kier alpha value is -1.49. The average Bonchev–Trinajstić information content (AvgIpc) is 2.29. The first kappa shape index (κ1) is 14.6. The van der Waals surface area contributed by atoms with Crippen LogP contribution < -0.4 is 4.90 Å². The number of rotatable bonds is 5. The van der Waals surface area contributed by atoms with Crippen LogP contribution in [-0.4, -0.2) is 41.2 Å². The van der Waals surface area contributed by atoms with Gasteiger partial charge in [0.15, 0.2) is 0 Å². The van der Waals surface area contributed by atoms with Crippen molar-refractivity contribution in [1.29, 1.82) is 0 Å². The molecule has 0 aliphatic rings. The van der Waals surface area contributed by atoms with Crippen LogP contribution in [-0.2, 0) is 6.54 Å². The van der Waals surface area contributed by atoms with E-state index in [2.05, 4.69) is 9.88 Å². The molecular formula is C12H18ClN3O2. The third kappa shape index (κ3) is 3.77. The zero-order valence-corrected chi connectivity index (χ0v) is 11.6. The summed E-state index contributed by atoms with van der Waals surface area (Å²) < 4.78 is 0. The van der Waals surface area contributed by atoms with E-state index in [9.17, 15) is 4.79 Å². The second-order valence-electron chi connectivity index (χ2n) is 3.95. The third-order valence-corrected chi connectivity index (χ3v) is 2.86. The van der Waals surface area contributed by atoms with Gasteiger partial charge < -0.3 is 14.9 Å². The summed E-state index contributed by atoms with van der Waals surface area (Å²) in [4.78, 5) is 18.4. The molecular weight excluding hydrogens is 254 g/mol. The zero-order valence-electron chi connectivity index (χ0n) is 10.9. The molecule has 0 aromatic carbocycles. The summed E-state index contributed by atoms with van der Waals surface area (Å²) in [5, 5.41) is 9.41. The largest absolute Gasteiger partial charge is 0.465 e. The Kier molecular flexibility index (Phi) is 5.22. The van der Waals surface area contributed by atoms with E-state index in [-0.39, 0.29) is 6.54 Å². The summed E-state index contributed by atoms with van der Waals surface area (Å²) in [6, 6.07) is 3.48. The molecule has 0 saturated heterocycles. The minimum absolute atomic E-state index is 0.226. The molecule has 0 aliphatic heterocycles. The number of carbonyl (C=O) groups is 1. The van der Waals surface area contributed by atoms with Gasteiger partial charge in [-0.15, -0.1) is 0 Å². The first-order valence-electron chi connectivity index (χ1n) is 5.83. The molecule has 1 heterocycles. The number of carboxylic acid groups (broad SMARTS) is 1. The highest BCUT2D eigenvalue weighted by atomic mass is 35.5. The first-order valence-corrected chi connectivity index (χ1v) is 6.21. The fourth-order valence-corrected chi connectivity index (χ4v) is 1.86. The Bertz CT molecular complexity index is 422. The van der Waals surface area contributed by atoms with Crippen LogP contribution in [0.1, 0.15) is 19.5 Å². The smallest absolute Gasteiger partial charge is 0.407 e. The van der Waals surface area contributed by atoms with Crippen LogP contribution in [0.25, 0.3) is 0 Å². The number of anilines is 1. The molecule has 0 spiro atoms. The third-order valence-electron chi connectivity index (χ3n) is 2.64. The molecule has 0 saturated carbocycles. The van der Waals surface area contributed by atoms with Gasteiger partial charge in [-0.3, -0.25) is 0 Å². The normalized spacial score (nSPS) is 10.2. The highest BCUT2D eigenvalue weighted by Gasteiger charge is 2.11. The van der Waals surface area contributed by atoms with E-state index >= 15 is 0 Å². The molecule has 0 bridgehead atoms. The quantitative estimate of drug-likeness (QED) is 0.895. The summed E-state index contributed by atoms with van der Waals surface area (Å²) in [7, 11) is 1.50. The maximum Gasteiger partial charge on any atom is 0.407 e. The first-order chi connectivity index (χ1) is 8.47. The van der Waals surface area contributed by atoms with Crippen LogP contribution in [0.3, 0.4) is 0 Å². The topological polar surface area (TPSA) is 56.7 Å². The Morgan fingerprint density at radius 1 is 1.39 bits per heavy atom. The lowest BCUT2D eigenvalue weighted by molar-refractivity contribution is 0.153. The minimum Gasteiger partial charge on any atom is -0.465 e. The summed E-state index contributed by atoms with van der Waals surface area (Å²) in [6.45, 7) is 5.96. The van der Waals surface area contributed by atoms with Gasteiger partial charge in [-0.05, 0) is 26.0 Å². The summed E-state index contributed by atoms with van der Waals surface area (Å²) in [6.07, 6.45) is -0.985. The Morgan fingerprint density at radius 3 is 2.50 bits per heavy atom. The number of pyridine rings is 1. The monoisotopic (exact) mass is 271 g/mol. The van der Waals surface area contributed by atoms with Gasteiger partial charge in [-0.1, -0.05) is 11.6 Å². The number of halogens is 1. The highest BCUT2D eigenvalue weighted by molar-refractivity contribution is 6.30. The van der Waals surface area contributed by atoms with Gasteiger partial charge in [0, 0.05) is 25.2 Å². The molecule has 100 valence electrons. The fraction of sp³-hybridized carbons (Fsp3) is 0.500. The van der Waals surface area contributed by atoms with E-state index in [0.29, 0.717) is 10.7 Å². The van der Waals surface area contributed by atoms with E-state index in [1.165, 1.54) is 11.9 Å². The van der Waals surface area contributed by atoms with Crippen molar-refractivity contribution in [3.05, 3.63) is 22.8 Å². The van der Waals surface area contributed by atoms with Crippen LogP contribution in [0.5, 0.6) is 0 Å². The van der Waals surface area contributed by atoms with Crippen molar-refractivity contribution in [2.24, 2.45) is 0 Å². The van der Waals surface area contributed by atoms with E-state index in [1.807, 2.05) is 13.8 Å². The number of nitrogens with zero attached hydrogens (tertiary/aromatic N) is 3. The lowest BCUT2D eigenvalue weighted by Gasteiger charge is -2.21. The van der Waals surface area contributed by atoms with Gasteiger partial charge in [0.05, 0.1) is 12.2 Å². The number of aromatic nitrogens is 1. The van der Waals surface area contributed by atoms with Crippen LogP contribution in [0, 0.1) is 0 Å². The Labute approximate surface area is 112 Å². The molecule has 1 rings (SSSR count). The van der Waals surface area contributed by atoms with Crippen molar-refractivity contribution < 1.29 is 9.90 Å². The van der Waals surface area contributed by atoms with Gasteiger partial charge >= 0.3 is 6.09 Å². The predicted octanol–water partition coefficient (Wildman–Crippen LogP) is 2.69. The highest BCUT2D eigenvalue weighted by Crippen LogP contribution is 2.19. The predicted molar refractivity (Wildman–Crippen MR) is 72.3 cm³/mol. The van der Waals surface area contributed by atoms with Crippen LogP contribution in [0.15, 0.2) is 12.1 Å². The standard InChI is InChI=1S/C12H18ClN3O2/c1-4-16(5-2)11-7-9(13)6-10(14-11)8-15(3)12(17)18/h6-7H,4-5,8H2,1-3H3,(H,17,18). The molecule has 0 atom stereocenters. The van der Waals surface area contributed by atoms with Crippen molar-refractivity contribution in [3.63, 3.8) is 0 Å². The lowest BCUT2D eigenvalue weighted by atomic mass is 10.3. The summed E-state index contributed by atoms with van der Waals surface area (Å²) >= 11 is 6.04. The van der Waals surface area contributed by atoms with Crippen molar-refractivity contribution >= 4 is 23.5 Å². The minimum atomic E-state index is -0.985. The lowest BCUT2D eigenvalue weighted by Crippen LogP contribution is -2.26. The fourth-order valence-electron chi connectivity index (χ4n) is 1.64. The molecule has 1 aromatic rings. The SMILES string of the molecule is CCN(CC)c1cc(Cl)cc(CN(C)C(=O)O)n1. The molecule has 0 aliphatic carbocycles. The molecule has 1 aromatic heterocycles. The van der Waals surface area contributed by atoms with E-state index < -0.39 is 6.09 Å². The van der Waals surface area contributed by atoms with E-state index in [0.717, 1.165) is 18.9 Å². The van der Waals surface area contributed by atoms with Gasteiger partial charge in [-0.2, -0.15) is 0 Å². The number of hydrogen-bond donors (Lipinski definition) is 1. The van der Waals surface area contributed by atoms with Gasteiger partial charge in [-0.25, -0.2) is 9.78 Å². The van der Waals surface area contributed by atoms with Crippen molar-refractivity contribution in [2.45, 2.75) is 20.4 Å². The van der Waals surface area contributed by atoms with Crippen molar-refractivity contribution in [2.75, 3.05) is 25.0 Å². The maximum atomic E-state index is 10.8. The van der Waals surface area contributed by atoms with Crippen molar-refractivity contribution in [1.82, 2.24) is 9.88 Å². The Morgan fingerprint density at radius 2 is 2.00 bits per heavy atom. The maximum absolute atomic E-state index is 10.8.